The summed E-state index contributed by atoms with van der Waals surface area (Å²) >= 11 is 0. The molecule has 1 heterocycles. The van der Waals surface area contributed by atoms with E-state index >= 15 is 0 Å². The van der Waals surface area contributed by atoms with Gasteiger partial charge in [-0.1, -0.05) is 38.5 Å². The minimum absolute atomic E-state index is 0.0680. The van der Waals surface area contributed by atoms with E-state index < -0.39 is 59.9 Å². The summed E-state index contributed by atoms with van der Waals surface area (Å²) in [4.78, 5) is 58.2. The van der Waals surface area contributed by atoms with Gasteiger partial charge in [0.05, 0.1) is 12.1 Å². The molecule has 6 unspecified atom stereocenters. The molecule has 0 aliphatic heterocycles. The summed E-state index contributed by atoms with van der Waals surface area (Å²) in [6.45, 7) is 5.07. The Bertz CT molecular complexity index is 1230. The maximum absolute atomic E-state index is 13.6. The third kappa shape index (κ3) is 9.76. The maximum atomic E-state index is 13.6. The number of nitrogens with zero attached hydrogens (tertiary/aromatic N) is 1. The Labute approximate surface area is 238 Å². The summed E-state index contributed by atoms with van der Waals surface area (Å²) in [6, 6.07) is 2.71. The first-order valence-corrected chi connectivity index (χ1v) is 13.5. The molecule has 0 radical (unpaired) electrons. The van der Waals surface area contributed by atoms with E-state index in [2.05, 4.69) is 25.9 Å². The van der Waals surface area contributed by atoms with Crippen LogP contribution in [0.3, 0.4) is 0 Å². The molecule has 1 aromatic carbocycles. The predicted octanol–water partition coefficient (Wildman–Crippen LogP) is -0.943. The Kier molecular flexibility index (Phi) is 12.5. The lowest BCUT2D eigenvalue weighted by Gasteiger charge is -2.28. The minimum Gasteiger partial charge on any atom is -0.480 e. The smallest absolute Gasteiger partial charge is 0.328 e. The molecule has 14 heteroatoms. The molecule has 0 aliphatic rings. The lowest BCUT2D eigenvalue weighted by Crippen LogP contribution is -2.60. The van der Waals surface area contributed by atoms with Crippen molar-refractivity contribution >= 4 is 40.6 Å². The average molecular weight is 575 g/mol. The molecule has 0 aliphatic carbocycles. The van der Waals surface area contributed by atoms with Crippen LogP contribution in [0, 0.1) is 5.92 Å². The molecule has 14 nitrogen and oxygen atoms in total. The molecule has 41 heavy (non-hydrogen) atoms. The zero-order valence-corrected chi connectivity index (χ0v) is 23.6. The number of aliphatic hydroxyl groups excluding tert-OH is 1. The van der Waals surface area contributed by atoms with Crippen molar-refractivity contribution in [2.45, 2.75) is 76.7 Å². The van der Waals surface area contributed by atoms with Gasteiger partial charge in [0, 0.05) is 30.1 Å². The van der Waals surface area contributed by atoms with Crippen molar-refractivity contribution in [2.24, 2.45) is 28.1 Å². The van der Waals surface area contributed by atoms with E-state index in [1.807, 2.05) is 31.2 Å². The molecule has 6 atom stereocenters. The number of aromatic amines is 1. The molecule has 0 spiro atoms. The standard InChI is InChI=1S/C27H42N8O6/c1-4-14(2)21(25(39)35-22(15(3)36)26(40)41)34-24(38)20(12-16-13-32-19-10-6-5-8-17(16)19)33-23(37)18(28)9-7-11-31-27(29)30/h5-6,8,10,13-15,18,20-22,32,36H,4,7,9,11-12,28H2,1-3H3,(H,33,37)(H,34,38)(H,35,39)(H,40,41)(H4,29,30,31). The topological polar surface area (TPSA) is 251 Å². The van der Waals surface area contributed by atoms with Gasteiger partial charge in [0.1, 0.15) is 12.1 Å². The summed E-state index contributed by atoms with van der Waals surface area (Å²) in [5, 5.41) is 27.7. The number of nitrogens with one attached hydrogen (secondary N) is 4. The zero-order valence-electron chi connectivity index (χ0n) is 23.6. The average Bonchev–Trinajstić information content (AvgIpc) is 3.33. The molecule has 2 aromatic rings. The van der Waals surface area contributed by atoms with Gasteiger partial charge in [-0.2, -0.15) is 0 Å². The molecule has 0 bridgehead atoms. The van der Waals surface area contributed by atoms with Gasteiger partial charge in [-0.25, -0.2) is 4.79 Å². The first kappa shape index (κ1) is 33.0. The Morgan fingerprint density at radius 1 is 1.00 bits per heavy atom. The number of guanidine groups is 1. The second-order valence-corrected chi connectivity index (χ2v) is 10.1. The van der Waals surface area contributed by atoms with Gasteiger partial charge in [-0.3, -0.25) is 19.4 Å². The first-order valence-electron chi connectivity index (χ1n) is 13.5. The van der Waals surface area contributed by atoms with E-state index in [9.17, 15) is 29.4 Å². The van der Waals surface area contributed by atoms with Crippen LogP contribution < -0.4 is 33.2 Å². The molecule has 12 N–H and O–H groups in total. The number of fused-ring (bicyclic) bond motifs is 1. The number of aliphatic hydroxyl groups is 1. The van der Waals surface area contributed by atoms with E-state index in [4.69, 9.17) is 17.2 Å². The summed E-state index contributed by atoms with van der Waals surface area (Å²) in [7, 11) is 0. The highest BCUT2D eigenvalue weighted by Gasteiger charge is 2.34. The predicted molar refractivity (Wildman–Crippen MR) is 154 cm³/mol. The summed E-state index contributed by atoms with van der Waals surface area (Å²) in [6.07, 6.45) is 1.64. The number of benzene rings is 1. The number of aromatic nitrogens is 1. The minimum atomic E-state index is -1.57. The van der Waals surface area contributed by atoms with E-state index in [1.165, 1.54) is 6.92 Å². The van der Waals surface area contributed by atoms with Crippen LogP contribution in [0.4, 0.5) is 0 Å². The Morgan fingerprint density at radius 2 is 1.66 bits per heavy atom. The second-order valence-electron chi connectivity index (χ2n) is 10.1. The molecule has 0 saturated heterocycles. The quantitative estimate of drug-likeness (QED) is 0.0680. The van der Waals surface area contributed by atoms with Crippen LogP contribution in [-0.2, 0) is 25.6 Å². The number of hydrogen-bond donors (Lipinski definition) is 9. The van der Waals surface area contributed by atoms with E-state index in [-0.39, 0.29) is 25.3 Å². The fraction of sp³-hybridized carbons (Fsp3) is 0.519. The number of carboxylic acids is 1. The van der Waals surface area contributed by atoms with Crippen molar-refractivity contribution in [3.63, 3.8) is 0 Å². The third-order valence-electron chi connectivity index (χ3n) is 6.88. The normalized spacial score (nSPS) is 15.5. The summed E-state index contributed by atoms with van der Waals surface area (Å²) in [5.41, 5.74) is 18.3. The molecule has 226 valence electrons. The van der Waals surface area contributed by atoms with Crippen molar-refractivity contribution in [1.29, 1.82) is 0 Å². The van der Waals surface area contributed by atoms with Gasteiger partial charge in [-0.05, 0) is 37.3 Å². The number of H-pyrrole nitrogens is 1. The van der Waals surface area contributed by atoms with Gasteiger partial charge in [-0.15, -0.1) is 0 Å². The van der Waals surface area contributed by atoms with Crippen molar-refractivity contribution in [2.75, 3.05) is 6.54 Å². The van der Waals surface area contributed by atoms with Crippen LogP contribution in [0.25, 0.3) is 10.9 Å². The highest BCUT2D eigenvalue weighted by molar-refractivity contribution is 5.95. The molecular formula is C27H42N8O6. The molecular weight excluding hydrogens is 532 g/mol. The monoisotopic (exact) mass is 574 g/mol. The number of hydrogen-bond acceptors (Lipinski definition) is 7. The second kappa shape index (κ2) is 15.6. The number of aliphatic carboxylic acids is 1. The van der Waals surface area contributed by atoms with Crippen LogP contribution in [-0.4, -0.2) is 81.7 Å². The first-order chi connectivity index (χ1) is 19.3. The molecule has 2 rings (SSSR count). The highest BCUT2D eigenvalue weighted by Crippen LogP contribution is 2.20. The van der Waals surface area contributed by atoms with Gasteiger partial charge < -0.3 is 48.3 Å². The zero-order chi connectivity index (χ0) is 30.7. The van der Waals surface area contributed by atoms with Crippen LogP contribution >= 0.6 is 0 Å². The number of amides is 3. The maximum Gasteiger partial charge on any atom is 0.328 e. The van der Waals surface area contributed by atoms with Gasteiger partial charge in [0.15, 0.2) is 12.0 Å². The number of carbonyl (C=O) groups is 4. The number of para-hydroxylation sites is 1. The van der Waals surface area contributed by atoms with Crippen LogP contribution in [0.1, 0.15) is 45.6 Å². The number of nitrogens with two attached hydrogens (primary N) is 3. The Hall–Kier alpha value is -4.17. The Balaban J connectivity index is 2.28. The van der Waals surface area contributed by atoms with E-state index in [1.54, 1.807) is 13.1 Å². The van der Waals surface area contributed by atoms with Crippen molar-refractivity contribution in [1.82, 2.24) is 20.9 Å². The van der Waals surface area contributed by atoms with Gasteiger partial charge in [0.25, 0.3) is 0 Å². The molecule has 0 saturated carbocycles. The van der Waals surface area contributed by atoms with Crippen LogP contribution in [0.5, 0.6) is 0 Å². The number of aliphatic imine (C=N–C) groups is 1. The van der Waals surface area contributed by atoms with Crippen LogP contribution in [0.2, 0.25) is 0 Å². The fourth-order valence-corrected chi connectivity index (χ4v) is 4.25. The lowest BCUT2D eigenvalue weighted by atomic mass is 9.96. The fourth-order valence-electron chi connectivity index (χ4n) is 4.25. The largest absolute Gasteiger partial charge is 0.480 e. The number of rotatable bonds is 16. The SMILES string of the molecule is CCC(C)C(NC(=O)C(Cc1c[nH]c2ccccc12)NC(=O)C(N)CCCN=C(N)N)C(=O)NC(C(=O)O)C(C)O. The summed E-state index contributed by atoms with van der Waals surface area (Å²) < 4.78 is 0. The Morgan fingerprint density at radius 3 is 2.27 bits per heavy atom. The van der Waals surface area contributed by atoms with Crippen molar-refractivity contribution in [3.05, 3.63) is 36.0 Å². The molecule has 3 amide bonds. The van der Waals surface area contributed by atoms with Crippen molar-refractivity contribution < 1.29 is 29.4 Å². The lowest BCUT2D eigenvalue weighted by molar-refractivity contribution is -0.145. The van der Waals surface area contributed by atoms with E-state index in [0.29, 0.717) is 12.8 Å². The summed E-state index contributed by atoms with van der Waals surface area (Å²) in [5.74, 6) is -3.87. The van der Waals surface area contributed by atoms with Crippen molar-refractivity contribution in [3.8, 4) is 0 Å². The van der Waals surface area contributed by atoms with Gasteiger partial charge in [0.2, 0.25) is 17.7 Å². The van der Waals surface area contributed by atoms with Gasteiger partial charge >= 0.3 is 5.97 Å². The van der Waals surface area contributed by atoms with E-state index in [0.717, 1.165) is 16.5 Å². The number of carbonyl (C=O) groups excluding carboxylic acids is 3. The number of carboxylic acid groups (broad SMARTS) is 1. The molecule has 0 fully saturated rings. The molecule has 1 aromatic heterocycles. The van der Waals surface area contributed by atoms with Crippen LogP contribution in [0.15, 0.2) is 35.5 Å². The highest BCUT2D eigenvalue weighted by atomic mass is 16.4. The third-order valence-corrected chi connectivity index (χ3v) is 6.88.